The average Bonchev–Trinajstić information content (AvgIpc) is 2.11. The molecule has 0 atom stereocenters. The molecule has 0 saturated carbocycles. The maximum absolute atomic E-state index is 12.8. The highest BCUT2D eigenvalue weighted by Gasteiger charge is 2.13. The molecule has 0 fully saturated rings. The Morgan fingerprint density at radius 3 is 2.86 bits per heavy atom. The Balaban J connectivity index is 3.21. The number of carbonyl (C=O) groups is 1. The number of aromatic nitrogens is 1. The molecule has 0 aromatic carbocycles. The second kappa shape index (κ2) is 4.04. The van der Waals surface area contributed by atoms with E-state index in [0.717, 1.165) is 16.8 Å². The summed E-state index contributed by atoms with van der Waals surface area (Å²) in [6.45, 7) is 1.76. The number of ether oxygens (including phenoxy) is 1. The molecule has 0 radical (unpaired) electrons. The van der Waals surface area contributed by atoms with Crippen molar-refractivity contribution >= 4 is 5.97 Å². The second-order valence-electron chi connectivity index (χ2n) is 2.71. The van der Waals surface area contributed by atoms with Gasteiger partial charge in [0.05, 0.1) is 6.61 Å². The first-order valence-corrected chi connectivity index (χ1v) is 4.09. The van der Waals surface area contributed by atoms with Gasteiger partial charge in [-0.1, -0.05) is 0 Å². The van der Waals surface area contributed by atoms with Gasteiger partial charge in [-0.2, -0.15) is 0 Å². The van der Waals surface area contributed by atoms with Gasteiger partial charge in [0, 0.05) is 13.2 Å². The van der Waals surface area contributed by atoms with E-state index in [2.05, 4.69) is 4.74 Å². The third kappa shape index (κ3) is 1.99. The van der Waals surface area contributed by atoms with Crippen LogP contribution in [-0.2, 0) is 11.8 Å². The molecule has 0 aliphatic rings. The van der Waals surface area contributed by atoms with E-state index in [0.29, 0.717) is 0 Å². The molecule has 4 nitrogen and oxygen atoms in total. The summed E-state index contributed by atoms with van der Waals surface area (Å²) in [6, 6.07) is 0.875. The van der Waals surface area contributed by atoms with Gasteiger partial charge in [-0.15, -0.1) is 0 Å². The highest BCUT2D eigenvalue weighted by atomic mass is 19.1. The molecule has 0 saturated heterocycles. The van der Waals surface area contributed by atoms with Crippen LogP contribution in [0.5, 0.6) is 0 Å². The first-order valence-electron chi connectivity index (χ1n) is 4.09. The third-order valence-electron chi connectivity index (χ3n) is 1.65. The lowest BCUT2D eigenvalue weighted by Crippen LogP contribution is -2.25. The summed E-state index contributed by atoms with van der Waals surface area (Å²) in [7, 11) is 1.37. The lowest BCUT2D eigenvalue weighted by atomic mass is 10.3. The third-order valence-corrected chi connectivity index (χ3v) is 1.65. The largest absolute Gasteiger partial charge is 0.462 e. The van der Waals surface area contributed by atoms with Gasteiger partial charge in [0.1, 0.15) is 11.4 Å². The van der Waals surface area contributed by atoms with Crippen LogP contribution in [0.25, 0.3) is 0 Å². The van der Waals surface area contributed by atoms with Gasteiger partial charge in [-0.05, 0) is 13.0 Å². The Morgan fingerprint density at radius 1 is 1.64 bits per heavy atom. The van der Waals surface area contributed by atoms with Crippen LogP contribution in [0, 0.1) is 5.82 Å². The van der Waals surface area contributed by atoms with Gasteiger partial charge in [0.15, 0.2) is 0 Å². The summed E-state index contributed by atoms with van der Waals surface area (Å²) >= 11 is 0. The standard InChI is InChI=1S/C9H10FNO3/c1-3-14-9(13)7-4-6(10)5-11(2)8(7)12/h4-5H,3H2,1-2H3. The van der Waals surface area contributed by atoms with Crippen LogP contribution in [0.3, 0.4) is 0 Å². The van der Waals surface area contributed by atoms with Crippen molar-refractivity contribution in [1.29, 1.82) is 0 Å². The second-order valence-corrected chi connectivity index (χ2v) is 2.71. The maximum atomic E-state index is 12.8. The van der Waals surface area contributed by atoms with E-state index >= 15 is 0 Å². The van der Waals surface area contributed by atoms with E-state index in [1.165, 1.54) is 7.05 Å². The topological polar surface area (TPSA) is 48.3 Å². The zero-order chi connectivity index (χ0) is 10.7. The van der Waals surface area contributed by atoms with Crippen LogP contribution in [0.1, 0.15) is 17.3 Å². The number of pyridine rings is 1. The Morgan fingerprint density at radius 2 is 2.29 bits per heavy atom. The maximum Gasteiger partial charge on any atom is 0.343 e. The van der Waals surface area contributed by atoms with Crippen LogP contribution < -0.4 is 5.56 Å². The lowest BCUT2D eigenvalue weighted by molar-refractivity contribution is 0.0523. The molecule has 1 heterocycles. The number of halogens is 1. The van der Waals surface area contributed by atoms with Crippen molar-refractivity contribution in [3.05, 3.63) is 34.0 Å². The van der Waals surface area contributed by atoms with E-state index in [9.17, 15) is 14.0 Å². The van der Waals surface area contributed by atoms with Crippen LogP contribution in [0.15, 0.2) is 17.1 Å². The van der Waals surface area contributed by atoms with E-state index < -0.39 is 17.3 Å². The van der Waals surface area contributed by atoms with E-state index in [1.807, 2.05) is 0 Å². The van der Waals surface area contributed by atoms with Gasteiger partial charge in [0.2, 0.25) is 0 Å². The first kappa shape index (κ1) is 10.4. The fourth-order valence-electron chi connectivity index (χ4n) is 1.03. The number of aryl methyl sites for hydroxylation is 1. The minimum Gasteiger partial charge on any atom is -0.462 e. The number of esters is 1. The van der Waals surface area contributed by atoms with E-state index in [1.54, 1.807) is 6.92 Å². The molecule has 0 N–H and O–H groups in total. The summed E-state index contributed by atoms with van der Waals surface area (Å²) in [5.74, 6) is -1.44. The minimum atomic E-state index is -0.799. The number of carbonyl (C=O) groups excluding carboxylic acids is 1. The first-order chi connectivity index (χ1) is 6.56. The SMILES string of the molecule is CCOC(=O)c1cc(F)cn(C)c1=O. The average molecular weight is 199 g/mol. The molecule has 5 heteroatoms. The van der Waals surface area contributed by atoms with Gasteiger partial charge >= 0.3 is 5.97 Å². The summed E-state index contributed by atoms with van der Waals surface area (Å²) in [5.41, 5.74) is -0.848. The molecule has 0 spiro atoms. The minimum absolute atomic E-state index is 0.151. The zero-order valence-corrected chi connectivity index (χ0v) is 7.91. The molecule has 76 valence electrons. The highest BCUT2D eigenvalue weighted by molar-refractivity contribution is 5.88. The molecule has 14 heavy (non-hydrogen) atoms. The summed E-state index contributed by atoms with van der Waals surface area (Å²) in [6.07, 6.45) is 1.01. The van der Waals surface area contributed by atoms with Crippen LogP contribution >= 0.6 is 0 Å². The predicted octanol–water partition coefficient (Wildman–Crippen LogP) is 0.701. The monoisotopic (exact) mass is 199 g/mol. The number of hydrogen-bond donors (Lipinski definition) is 0. The van der Waals surface area contributed by atoms with Crippen molar-refractivity contribution in [2.45, 2.75) is 6.92 Å². The van der Waals surface area contributed by atoms with Gasteiger partial charge in [-0.3, -0.25) is 4.79 Å². The summed E-state index contributed by atoms with van der Waals surface area (Å²) in [5, 5.41) is 0. The van der Waals surface area contributed by atoms with Gasteiger partial charge < -0.3 is 9.30 Å². The van der Waals surface area contributed by atoms with Crippen molar-refractivity contribution in [1.82, 2.24) is 4.57 Å². The van der Waals surface area contributed by atoms with Crippen LogP contribution in [0.4, 0.5) is 4.39 Å². The molecule has 0 unspecified atom stereocenters. The zero-order valence-electron chi connectivity index (χ0n) is 7.91. The fourth-order valence-corrected chi connectivity index (χ4v) is 1.03. The normalized spacial score (nSPS) is 9.93. The number of hydrogen-bond acceptors (Lipinski definition) is 3. The molecular weight excluding hydrogens is 189 g/mol. The van der Waals surface area contributed by atoms with E-state index in [4.69, 9.17) is 0 Å². The van der Waals surface area contributed by atoms with Gasteiger partial charge in [-0.25, -0.2) is 9.18 Å². The lowest BCUT2D eigenvalue weighted by Gasteiger charge is -2.03. The quantitative estimate of drug-likeness (QED) is 0.659. The van der Waals surface area contributed by atoms with Crippen LogP contribution in [-0.4, -0.2) is 17.1 Å². The smallest absolute Gasteiger partial charge is 0.343 e. The number of nitrogens with zero attached hydrogens (tertiary/aromatic N) is 1. The van der Waals surface area contributed by atoms with Crippen molar-refractivity contribution in [3.63, 3.8) is 0 Å². The fraction of sp³-hybridized carbons (Fsp3) is 0.333. The van der Waals surface area contributed by atoms with E-state index in [-0.39, 0.29) is 12.2 Å². The molecule has 0 aliphatic heterocycles. The van der Waals surface area contributed by atoms with Crippen LogP contribution in [0.2, 0.25) is 0 Å². The van der Waals surface area contributed by atoms with Crippen molar-refractivity contribution in [2.24, 2.45) is 7.05 Å². The van der Waals surface area contributed by atoms with Crippen molar-refractivity contribution < 1.29 is 13.9 Å². The molecule has 1 aromatic rings. The van der Waals surface area contributed by atoms with Gasteiger partial charge in [0.25, 0.3) is 5.56 Å². The molecule has 0 aliphatic carbocycles. The Bertz CT molecular complexity index is 411. The Labute approximate surface area is 79.9 Å². The van der Waals surface area contributed by atoms with Crippen molar-refractivity contribution in [2.75, 3.05) is 6.61 Å². The molecule has 0 amide bonds. The Kier molecular flexibility index (Phi) is 3.01. The van der Waals surface area contributed by atoms with Crippen molar-refractivity contribution in [3.8, 4) is 0 Å². The molecule has 1 rings (SSSR count). The molecule has 0 bridgehead atoms. The summed E-state index contributed by atoms with van der Waals surface area (Å²) in [4.78, 5) is 22.5. The predicted molar refractivity (Wildman–Crippen MR) is 47.6 cm³/mol. The molecular formula is C9H10FNO3. The Hall–Kier alpha value is -1.65. The molecule has 1 aromatic heterocycles. The summed E-state index contributed by atoms with van der Waals surface area (Å²) < 4.78 is 18.4. The highest BCUT2D eigenvalue weighted by Crippen LogP contribution is 1.99. The number of rotatable bonds is 2.